The largest absolute Gasteiger partial charge is 0.383 e. The van der Waals surface area contributed by atoms with E-state index in [-0.39, 0.29) is 10.6 Å². The van der Waals surface area contributed by atoms with E-state index >= 15 is 0 Å². The number of alkyl halides is 1. The lowest BCUT2D eigenvalue weighted by atomic mass is 10.3. The molecule has 17 heavy (non-hydrogen) atoms. The first kappa shape index (κ1) is 17.4. The van der Waals surface area contributed by atoms with Crippen molar-refractivity contribution in [2.24, 2.45) is 0 Å². The molecule has 0 radical (unpaired) electrons. The van der Waals surface area contributed by atoms with E-state index in [9.17, 15) is 8.42 Å². The third-order valence-electron chi connectivity index (χ3n) is 2.53. The van der Waals surface area contributed by atoms with E-state index in [0.717, 1.165) is 6.54 Å². The lowest BCUT2D eigenvalue weighted by molar-refractivity contribution is 0.187. The van der Waals surface area contributed by atoms with Crippen molar-refractivity contribution in [1.29, 1.82) is 0 Å². The van der Waals surface area contributed by atoms with Crippen molar-refractivity contribution in [1.82, 2.24) is 4.90 Å². The lowest BCUT2D eigenvalue weighted by Gasteiger charge is -2.23. The smallest absolute Gasteiger partial charge is 0.156 e. The van der Waals surface area contributed by atoms with Gasteiger partial charge in [-0.3, -0.25) is 0 Å². The highest BCUT2D eigenvalue weighted by molar-refractivity contribution is 9.09. The maximum Gasteiger partial charge on any atom is 0.156 e. The average Bonchev–Trinajstić information content (AvgIpc) is 2.13. The van der Waals surface area contributed by atoms with Gasteiger partial charge in [-0.1, -0.05) is 15.9 Å². The van der Waals surface area contributed by atoms with Gasteiger partial charge < -0.3 is 9.64 Å². The van der Waals surface area contributed by atoms with E-state index in [4.69, 9.17) is 4.74 Å². The topological polar surface area (TPSA) is 46.6 Å². The Kier molecular flexibility index (Phi) is 7.21. The molecule has 1 unspecified atom stereocenters. The molecule has 0 aliphatic carbocycles. The van der Waals surface area contributed by atoms with Crippen molar-refractivity contribution in [3.8, 4) is 0 Å². The Morgan fingerprint density at radius 1 is 1.35 bits per heavy atom. The van der Waals surface area contributed by atoms with E-state index in [0.29, 0.717) is 13.2 Å². The number of ether oxygens (including phenoxy) is 1. The molecule has 6 heteroatoms. The molecular formula is C11H24BrNO3S. The molecule has 0 spiro atoms. The molecule has 0 aromatic heterocycles. The number of hydrogen-bond acceptors (Lipinski definition) is 4. The van der Waals surface area contributed by atoms with E-state index < -0.39 is 14.6 Å². The van der Waals surface area contributed by atoms with Crippen LogP contribution in [0.4, 0.5) is 0 Å². The fourth-order valence-corrected chi connectivity index (χ4v) is 3.17. The summed E-state index contributed by atoms with van der Waals surface area (Å²) in [6, 6.07) is 0. The van der Waals surface area contributed by atoms with Crippen LogP contribution in [0.5, 0.6) is 0 Å². The molecule has 0 N–H and O–H groups in total. The van der Waals surface area contributed by atoms with Crippen LogP contribution in [0, 0.1) is 0 Å². The Morgan fingerprint density at radius 3 is 2.29 bits per heavy atom. The van der Waals surface area contributed by atoms with Gasteiger partial charge in [0.2, 0.25) is 0 Å². The predicted octanol–water partition coefficient (Wildman–Crippen LogP) is 1.54. The standard InChI is InChI=1S/C11H24BrNO3S/c1-11(2,3)17(14,15)7-6-13(4)8-10(12)9-16-5/h10H,6-9H2,1-5H3. The van der Waals surface area contributed by atoms with Gasteiger partial charge in [0.25, 0.3) is 0 Å². The molecule has 0 aliphatic heterocycles. The van der Waals surface area contributed by atoms with Crippen LogP contribution in [0.2, 0.25) is 0 Å². The van der Waals surface area contributed by atoms with Gasteiger partial charge in [-0.25, -0.2) is 8.42 Å². The van der Waals surface area contributed by atoms with Gasteiger partial charge in [-0.15, -0.1) is 0 Å². The average molecular weight is 330 g/mol. The summed E-state index contributed by atoms with van der Waals surface area (Å²) in [5, 5.41) is 0. The molecule has 1 atom stereocenters. The summed E-state index contributed by atoms with van der Waals surface area (Å²) in [4.78, 5) is 2.23. The van der Waals surface area contributed by atoms with Crippen LogP contribution in [0.3, 0.4) is 0 Å². The van der Waals surface area contributed by atoms with Crippen LogP contribution < -0.4 is 0 Å². The maximum atomic E-state index is 11.9. The quantitative estimate of drug-likeness (QED) is 0.665. The van der Waals surface area contributed by atoms with Crippen LogP contribution in [0.25, 0.3) is 0 Å². The van der Waals surface area contributed by atoms with Crippen LogP contribution >= 0.6 is 15.9 Å². The second-order valence-electron chi connectivity index (χ2n) is 5.25. The molecule has 0 fully saturated rings. The first-order chi connectivity index (χ1) is 7.60. The van der Waals surface area contributed by atoms with E-state index in [1.54, 1.807) is 27.9 Å². The number of nitrogens with zero attached hydrogens (tertiary/aromatic N) is 1. The van der Waals surface area contributed by atoms with Gasteiger partial charge in [0.05, 0.1) is 21.9 Å². The molecule has 0 saturated heterocycles. The van der Waals surface area contributed by atoms with Crippen molar-refractivity contribution in [3.05, 3.63) is 0 Å². The van der Waals surface area contributed by atoms with Gasteiger partial charge in [0, 0.05) is 20.2 Å². The predicted molar refractivity (Wildman–Crippen MR) is 75.6 cm³/mol. The van der Waals surface area contributed by atoms with E-state index in [2.05, 4.69) is 15.9 Å². The Hall–Kier alpha value is 0.350. The van der Waals surface area contributed by atoms with Gasteiger partial charge in [0.1, 0.15) is 0 Å². The van der Waals surface area contributed by atoms with Crippen molar-refractivity contribution >= 4 is 25.8 Å². The van der Waals surface area contributed by atoms with Crippen LogP contribution in [0.15, 0.2) is 0 Å². The fraction of sp³-hybridized carbons (Fsp3) is 1.00. The normalized spacial score (nSPS) is 15.2. The molecule has 104 valence electrons. The monoisotopic (exact) mass is 329 g/mol. The number of rotatable bonds is 7. The summed E-state index contributed by atoms with van der Waals surface area (Å²) in [6.07, 6.45) is 0. The molecule has 0 bridgehead atoms. The minimum atomic E-state index is -3.03. The Labute approximate surface area is 114 Å². The maximum absolute atomic E-state index is 11.9. The molecular weight excluding hydrogens is 306 g/mol. The summed E-state index contributed by atoms with van der Waals surface area (Å²) < 4.78 is 28.1. The number of halogens is 1. The fourth-order valence-electron chi connectivity index (χ4n) is 1.25. The molecule has 0 aromatic rings. The molecule has 4 nitrogen and oxygen atoms in total. The molecule has 0 aromatic carbocycles. The third kappa shape index (κ3) is 6.74. The van der Waals surface area contributed by atoms with Gasteiger partial charge in [-0.05, 0) is 27.8 Å². The van der Waals surface area contributed by atoms with Crippen molar-refractivity contribution in [2.75, 3.05) is 39.6 Å². The van der Waals surface area contributed by atoms with Crippen molar-refractivity contribution in [3.63, 3.8) is 0 Å². The molecule has 0 amide bonds. The highest BCUT2D eigenvalue weighted by Gasteiger charge is 2.28. The summed E-state index contributed by atoms with van der Waals surface area (Å²) in [7, 11) is 0.541. The first-order valence-corrected chi connectivity index (χ1v) is 8.21. The highest BCUT2D eigenvalue weighted by Crippen LogP contribution is 2.16. The molecule has 0 rings (SSSR count). The minimum absolute atomic E-state index is 0.194. The number of sulfone groups is 1. The number of hydrogen-bond donors (Lipinski definition) is 0. The van der Waals surface area contributed by atoms with Crippen LogP contribution in [-0.4, -0.2) is 62.5 Å². The lowest BCUT2D eigenvalue weighted by Crippen LogP contribution is -2.37. The minimum Gasteiger partial charge on any atom is -0.383 e. The van der Waals surface area contributed by atoms with Gasteiger partial charge in [0.15, 0.2) is 9.84 Å². The van der Waals surface area contributed by atoms with Gasteiger partial charge in [-0.2, -0.15) is 0 Å². The summed E-state index contributed by atoms with van der Waals surface area (Å²) >= 11 is 3.48. The zero-order valence-electron chi connectivity index (χ0n) is 11.4. The summed E-state index contributed by atoms with van der Waals surface area (Å²) in [6.45, 7) is 7.15. The molecule has 0 aliphatic rings. The summed E-state index contributed by atoms with van der Waals surface area (Å²) in [5.41, 5.74) is 0. The molecule has 0 heterocycles. The highest BCUT2D eigenvalue weighted by atomic mass is 79.9. The second kappa shape index (κ2) is 7.07. The third-order valence-corrected chi connectivity index (χ3v) is 5.67. The number of methoxy groups -OCH3 is 1. The first-order valence-electron chi connectivity index (χ1n) is 5.64. The van der Waals surface area contributed by atoms with Gasteiger partial charge >= 0.3 is 0 Å². The Morgan fingerprint density at radius 2 is 1.88 bits per heavy atom. The van der Waals surface area contributed by atoms with Crippen LogP contribution in [-0.2, 0) is 14.6 Å². The second-order valence-corrected chi connectivity index (χ2v) is 9.40. The van der Waals surface area contributed by atoms with Crippen molar-refractivity contribution < 1.29 is 13.2 Å². The molecule has 0 saturated carbocycles. The Bertz CT molecular complexity index is 311. The van der Waals surface area contributed by atoms with Crippen LogP contribution in [0.1, 0.15) is 20.8 Å². The zero-order chi connectivity index (χ0) is 13.7. The zero-order valence-corrected chi connectivity index (χ0v) is 13.8. The van der Waals surface area contributed by atoms with E-state index in [1.165, 1.54) is 0 Å². The van der Waals surface area contributed by atoms with Crippen molar-refractivity contribution in [2.45, 2.75) is 30.3 Å². The van der Waals surface area contributed by atoms with E-state index in [1.807, 2.05) is 11.9 Å². The Balaban J connectivity index is 4.13. The SMILES string of the molecule is COCC(Br)CN(C)CCS(=O)(=O)C(C)(C)C. The summed E-state index contributed by atoms with van der Waals surface area (Å²) in [5.74, 6) is 0.194.